The van der Waals surface area contributed by atoms with Crippen LogP contribution in [0.15, 0.2) is 22.1 Å². The van der Waals surface area contributed by atoms with Gasteiger partial charge in [-0.3, -0.25) is 9.98 Å². The Hall–Kier alpha value is -1.32. The Morgan fingerprint density at radius 1 is 1.15 bits per heavy atom. The zero-order valence-corrected chi connectivity index (χ0v) is 7.31. The molecule has 0 atom stereocenters. The van der Waals surface area contributed by atoms with E-state index in [2.05, 4.69) is 9.98 Å². The molecule has 0 saturated heterocycles. The third-order valence-electron chi connectivity index (χ3n) is 1.83. The number of fused-ring (bicyclic) bond motifs is 1. The fourth-order valence-corrected chi connectivity index (χ4v) is 1.32. The van der Waals surface area contributed by atoms with Crippen molar-refractivity contribution < 1.29 is 8.78 Å². The molecule has 0 spiro atoms. The lowest BCUT2D eigenvalue weighted by Gasteiger charge is -2.06. The van der Waals surface area contributed by atoms with E-state index < -0.39 is 17.3 Å². The summed E-state index contributed by atoms with van der Waals surface area (Å²) in [5.74, 6) is -1.79. The van der Waals surface area contributed by atoms with Crippen molar-refractivity contribution in [3.05, 3.63) is 34.5 Å². The number of halogens is 2. The van der Waals surface area contributed by atoms with Crippen LogP contribution in [0.4, 0.5) is 8.78 Å². The second-order valence-corrected chi connectivity index (χ2v) is 3.45. The molecule has 0 aliphatic carbocycles. The normalized spacial score (nSPS) is 17.5. The molecule has 0 bridgehead atoms. The molecule has 13 heavy (non-hydrogen) atoms. The van der Waals surface area contributed by atoms with E-state index in [1.54, 1.807) is 13.8 Å². The van der Waals surface area contributed by atoms with Crippen LogP contribution in [-0.4, -0.2) is 5.66 Å². The van der Waals surface area contributed by atoms with Crippen LogP contribution in [0.5, 0.6) is 0 Å². The van der Waals surface area contributed by atoms with Crippen molar-refractivity contribution in [1.29, 1.82) is 0 Å². The first-order chi connectivity index (χ1) is 5.99. The Balaban J connectivity index is 2.87. The highest BCUT2D eigenvalue weighted by atomic mass is 19.2. The standard InChI is InChI=1S/C9H8F2N2/c1-9(2)12-6-4-3-5(10)7(11)8(6)13-9/h3-4H,1-2H3. The molecule has 0 radical (unpaired) electrons. The Morgan fingerprint density at radius 3 is 2.54 bits per heavy atom. The van der Waals surface area contributed by atoms with E-state index in [0.717, 1.165) is 6.07 Å². The molecule has 68 valence electrons. The summed E-state index contributed by atoms with van der Waals surface area (Å²) in [4.78, 5) is 8.08. The van der Waals surface area contributed by atoms with Crippen LogP contribution in [0.25, 0.3) is 0 Å². The van der Waals surface area contributed by atoms with E-state index >= 15 is 0 Å². The Labute approximate surface area is 73.6 Å². The lowest BCUT2D eigenvalue weighted by atomic mass is 10.3. The maximum absolute atomic E-state index is 13.1. The predicted molar refractivity (Wildman–Crippen MR) is 42.7 cm³/mol. The minimum Gasteiger partial charge on any atom is -0.254 e. The van der Waals surface area contributed by atoms with Crippen LogP contribution in [0, 0.1) is 11.6 Å². The molecule has 0 unspecified atom stereocenters. The van der Waals surface area contributed by atoms with Crippen LogP contribution in [-0.2, 0) is 0 Å². The molecule has 1 aliphatic heterocycles. The van der Waals surface area contributed by atoms with Crippen LogP contribution >= 0.6 is 0 Å². The van der Waals surface area contributed by atoms with Crippen molar-refractivity contribution in [3.63, 3.8) is 0 Å². The smallest absolute Gasteiger partial charge is 0.186 e. The van der Waals surface area contributed by atoms with Gasteiger partial charge in [0.1, 0.15) is 11.0 Å². The summed E-state index contributed by atoms with van der Waals surface area (Å²) < 4.78 is 25.9. The second-order valence-electron chi connectivity index (χ2n) is 3.45. The van der Waals surface area contributed by atoms with Crippen molar-refractivity contribution in [2.24, 2.45) is 9.98 Å². The molecule has 1 aromatic rings. The molecule has 2 rings (SSSR count). The average Bonchev–Trinajstić information content (AvgIpc) is 2.34. The SMILES string of the molecule is CC1(C)N=c2ccc(F)c(F)c2=N1. The third-order valence-corrected chi connectivity index (χ3v) is 1.83. The van der Waals surface area contributed by atoms with Gasteiger partial charge in [0.15, 0.2) is 11.6 Å². The minimum absolute atomic E-state index is 0.0324. The fraction of sp³-hybridized carbons (Fsp3) is 0.333. The van der Waals surface area contributed by atoms with Gasteiger partial charge < -0.3 is 0 Å². The summed E-state index contributed by atoms with van der Waals surface area (Å²) in [5.41, 5.74) is -0.670. The lowest BCUT2D eigenvalue weighted by molar-refractivity contribution is 0.492. The van der Waals surface area contributed by atoms with Gasteiger partial charge in [-0.15, -0.1) is 0 Å². The fourth-order valence-electron chi connectivity index (χ4n) is 1.32. The monoisotopic (exact) mass is 182 g/mol. The third kappa shape index (κ3) is 1.22. The van der Waals surface area contributed by atoms with Crippen LogP contribution < -0.4 is 10.7 Å². The topological polar surface area (TPSA) is 24.7 Å². The lowest BCUT2D eigenvalue weighted by Crippen LogP contribution is -2.26. The molecule has 0 saturated carbocycles. The number of hydrogen-bond donors (Lipinski definition) is 0. The summed E-state index contributed by atoms with van der Waals surface area (Å²) in [6.07, 6.45) is 0. The van der Waals surface area contributed by atoms with Gasteiger partial charge in [0.2, 0.25) is 0 Å². The van der Waals surface area contributed by atoms with E-state index in [4.69, 9.17) is 0 Å². The average molecular weight is 182 g/mol. The van der Waals surface area contributed by atoms with E-state index in [9.17, 15) is 8.78 Å². The number of rotatable bonds is 0. The molecule has 2 nitrogen and oxygen atoms in total. The van der Waals surface area contributed by atoms with Gasteiger partial charge >= 0.3 is 0 Å². The van der Waals surface area contributed by atoms with E-state index in [1.807, 2.05) is 0 Å². The van der Waals surface area contributed by atoms with Gasteiger partial charge in [0, 0.05) is 0 Å². The highest BCUT2D eigenvalue weighted by Gasteiger charge is 2.20. The molecule has 1 heterocycles. The first-order valence-corrected chi connectivity index (χ1v) is 3.93. The van der Waals surface area contributed by atoms with Gasteiger partial charge in [-0.1, -0.05) is 0 Å². The highest BCUT2D eigenvalue weighted by Crippen LogP contribution is 2.11. The van der Waals surface area contributed by atoms with Crippen molar-refractivity contribution in [1.82, 2.24) is 0 Å². The van der Waals surface area contributed by atoms with Crippen molar-refractivity contribution >= 4 is 0 Å². The van der Waals surface area contributed by atoms with Crippen molar-refractivity contribution in [2.75, 3.05) is 0 Å². The summed E-state index contributed by atoms with van der Waals surface area (Å²) in [5, 5.41) is 0.453. The van der Waals surface area contributed by atoms with Crippen molar-refractivity contribution in [2.45, 2.75) is 19.5 Å². The largest absolute Gasteiger partial charge is 0.254 e. The Morgan fingerprint density at radius 2 is 1.85 bits per heavy atom. The molecule has 0 amide bonds. The predicted octanol–water partition coefficient (Wildman–Crippen LogP) is 0.954. The Kier molecular flexibility index (Phi) is 1.49. The quantitative estimate of drug-likeness (QED) is 0.570. The van der Waals surface area contributed by atoms with E-state index in [0.29, 0.717) is 5.36 Å². The van der Waals surface area contributed by atoms with Crippen LogP contribution in [0.1, 0.15) is 13.8 Å². The summed E-state index contributed by atoms with van der Waals surface area (Å²) in [6.45, 7) is 3.48. The number of benzene rings is 1. The highest BCUT2D eigenvalue weighted by molar-refractivity contribution is 5.10. The molecular formula is C9H8F2N2. The summed E-state index contributed by atoms with van der Waals surface area (Å²) >= 11 is 0. The zero-order valence-electron chi connectivity index (χ0n) is 7.31. The van der Waals surface area contributed by atoms with Crippen molar-refractivity contribution in [3.8, 4) is 0 Å². The van der Waals surface area contributed by atoms with Crippen LogP contribution in [0.3, 0.4) is 0 Å². The molecule has 4 heteroatoms. The van der Waals surface area contributed by atoms with Gasteiger partial charge in [-0.2, -0.15) is 0 Å². The maximum atomic E-state index is 13.1. The minimum atomic E-state index is -0.910. The number of nitrogens with zero attached hydrogens (tertiary/aromatic N) is 2. The molecule has 0 aromatic heterocycles. The van der Waals surface area contributed by atoms with Gasteiger partial charge in [0.05, 0.1) is 5.36 Å². The maximum Gasteiger partial charge on any atom is 0.186 e. The first-order valence-electron chi connectivity index (χ1n) is 3.93. The molecule has 1 aromatic carbocycles. The zero-order chi connectivity index (χ0) is 9.64. The molecule has 0 N–H and O–H groups in total. The van der Waals surface area contributed by atoms with Gasteiger partial charge in [-0.05, 0) is 26.0 Å². The summed E-state index contributed by atoms with van der Waals surface area (Å²) in [7, 11) is 0. The molecule has 0 fully saturated rings. The Bertz CT molecular complexity index is 477. The molecule has 1 aliphatic rings. The van der Waals surface area contributed by atoms with E-state index in [1.165, 1.54) is 6.07 Å². The number of hydrogen-bond acceptors (Lipinski definition) is 2. The summed E-state index contributed by atoms with van der Waals surface area (Å²) in [6, 6.07) is 2.50. The van der Waals surface area contributed by atoms with Crippen LogP contribution in [0.2, 0.25) is 0 Å². The second kappa shape index (κ2) is 2.34. The van der Waals surface area contributed by atoms with E-state index in [-0.39, 0.29) is 5.36 Å². The molecular weight excluding hydrogens is 174 g/mol. The van der Waals surface area contributed by atoms with Gasteiger partial charge in [-0.25, -0.2) is 8.78 Å². The first kappa shape index (κ1) is 8.29. The van der Waals surface area contributed by atoms with Gasteiger partial charge in [0.25, 0.3) is 0 Å².